The first kappa shape index (κ1) is 23.8. The van der Waals surface area contributed by atoms with Crippen LogP contribution < -0.4 is 5.32 Å². The molecule has 176 valence electrons. The van der Waals surface area contributed by atoms with Crippen molar-refractivity contribution in [3.05, 3.63) is 29.8 Å². The number of nitrogens with one attached hydrogen (secondary N) is 1. The molecular weight excluding hydrogens is 429 g/mol. The van der Waals surface area contributed by atoms with Crippen LogP contribution >= 0.6 is 0 Å². The molecule has 0 radical (unpaired) electrons. The number of amides is 4. The maximum absolute atomic E-state index is 13.2. The highest BCUT2D eigenvalue weighted by Gasteiger charge is 2.37. The maximum Gasteiger partial charge on any atom is 0.416 e. The van der Waals surface area contributed by atoms with E-state index in [4.69, 9.17) is 0 Å². The van der Waals surface area contributed by atoms with Gasteiger partial charge in [-0.2, -0.15) is 13.2 Å². The number of hydrazine groups is 1. The first-order valence-electron chi connectivity index (χ1n) is 10.7. The van der Waals surface area contributed by atoms with Gasteiger partial charge in [0.2, 0.25) is 12.3 Å². The fraction of sp³-hybridized carbons (Fsp3) is 0.571. The van der Waals surface area contributed by atoms with Crippen molar-refractivity contribution < 1.29 is 32.8 Å². The minimum absolute atomic E-state index is 0.163. The summed E-state index contributed by atoms with van der Waals surface area (Å²) in [4.78, 5) is 36.9. The normalized spacial score (nSPS) is 18.0. The number of halogens is 3. The van der Waals surface area contributed by atoms with E-state index in [0.29, 0.717) is 30.4 Å². The zero-order valence-corrected chi connectivity index (χ0v) is 17.6. The van der Waals surface area contributed by atoms with E-state index in [-0.39, 0.29) is 31.1 Å². The van der Waals surface area contributed by atoms with Gasteiger partial charge in [0.05, 0.1) is 18.0 Å². The van der Waals surface area contributed by atoms with Gasteiger partial charge in [-0.05, 0) is 43.0 Å². The van der Waals surface area contributed by atoms with Crippen LogP contribution in [0.5, 0.6) is 0 Å². The minimum Gasteiger partial charge on any atom is -0.306 e. The zero-order valence-electron chi connectivity index (χ0n) is 17.6. The van der Waals surface area contributed by atoms with Gasteiger partial charge < -0.3 is 5.32 Å². The second-order valence-electron chi connectivity index (χ2n) is 8.25. The molecule has 1 aromatic carbocycles. The highest BCUT2D eigenvalue weighted by Crippen LogP contribution is 2.32. The van der Waals surface area contributed by atoms with Gasteiger partial charge in [0, 0.05) is 18.8 Å². The van der Waals surface area contributed by atoms with Crippen molar-refractivity contribution >= 4 is 24.0 Å². The molecule has 0 spiro atoms. The van der Waals surface area contributed by atoms with Gasteiger partial charge in [0.1, 0.15) is 0 Å². The van der Waals surface area contributed by atoms with Gasteiger partial charge >= 0.3 is 12.2 Å². The molecular formula is C21H27F3N4O4. The molecule has 32 heavy (non-hydrogen) atoms. The number of carbonyl (C=O) groups excluding carboxylic acids is 3. The number of urea groups is 1. The molecule has 1 aliphatic carbocycles. The molecule has 1 atom stereocenters. The van der Waals surface area contributed by atoms with Crippen LogP contribution in [-0.4, -0.2) is 58.3 Å². The van der Waals surface area contributed by atoms with Gasteiger partial charge in [-0.15, -0.1) is 0 Å². The summed E-state index contributed by atoms with van der Waals surface area (Å²) < 4.78 is 38.2. The molecule has 1 heterocycles. The Morgan fingerprint density at radius 3 is 2.34 bits per heavy atom. The number of anilines is 1. The van der Waals surface area contributed by atoms with E-state index in [1.54, 1.807) is 0 Å². The molecule has 1 saturated heterocycles. The van der Waals surface area contributed by atoms with Crippen LogP contribution in [0.1, 0.15) is 44.1 Å². The Hall–Kier alpha value is -2.82. The molecule has 1 saturated carbocycles. The Bertz CT molecular complexity index is 812. The number of rotatable bonds is 7. The lowest BCUT2D eigenvalue weighted by atomic mass is 9.92. The van der Waals surface area contributed by atoms with Crippen molar-refractivity contribution in [1.82, 2.24) is 15.1 Å². The first-order valence-corrected chi connectivity index (χ1v) is 10.7. The highest BCUT2D eigenvalue weighted by molar-refractivity contribution is 5.91. The van der Waals surface area contributed by atoms with E-state index in [0.717, 1.165) is 49.9 Å². The Labute approximate surface area is 183 Å². The molecule has 2 fully saturated rings. The third-order valence-corrected chi connectivity index (χ3v) is 5.95. The molecule has 3 rings (SSSR count). The predicted octanol–water partition coefficient (Wildman–Crippen LogP) is 3.73. The topological polar surface area (TPSA) is 93.2 Å². The summed E-state index contributed by atoms with van der Waals surface area (Å²) in [6.45, 7) is 0.404. The van der Waals surface area contributed by atoms with Crippen molar-refractivity contribution in [3.8, 4) is 0 Å². The van der Waals surface area contributed by atoms with Gasteiger partial charge in [0.25, 0.3) is 0 Å². The zero-order chi connectivity index (χ0) is 23.3. The lowest BCUT2D eigenvalue weighted by Gasteiger charge is -2.32. The summed E-state index contributed by atoms with van der Waals surface area (Å²) in [5.41, 5.74) is -0.653. The molecule has 0 bridgehead atoms. The number of nitrogens with zero attached hydrogens (tertiary/aromatic N) is 3. The minimum atomic E-state index is -4.48. The largest absolute Gasteiger partial charge is 0.416 e. The fourth-order valence-corrected chi connectivity index (χ4v) is 4.36. The highest BCUT2D eigenvalue weighted by atomic mass is 19.4. The average molecular weight is 456 g/mol. The first-order chi connectivity index (χ1) is 15.2. The van der Waals surface area contributed by atoms with Crippen molar-refractivity contribution in [2.45, 2.75) is 44.7 Å². The van der Waals surface area contributed by atoms with Crippen LogP contribution in [0, 0.1) is 11.8 Å². The number of carbonyl (C=O) groups is 3. The van der Waals surface area contributed by atoms with Gasteiger partial charge in [-0.1, -0.05) is 25.7 Å². The van der Waals surface area contributed by atoms with E-state index < -0.39 is 23.7 Å². The lowest BCUT2D eigenvalue weighted by molar-refractivity contribution is -0.160. The number of alkyl halides is 3. The van der Waals surface area contributed by atoms with Crippen LogP contribution in [0.2, 0.25) is 0 Å². The molecule has 8 nitrogen and oxygen atoms in total. The van der Waals surface area contributed by atoms with Gasteiger partial charge in [0.15, 0.2) is 0 Å². The summed E-state index contributed by atoms with van der Waals surface area (Å²) in [6.07, 6.45) is 0.933. The maximum atomic E-state index is 13.2. The number of hydrogen-bond donors (Lipinski definition) is 2. The second kappa shape index (κ2) is 10.2. The Balaban J connectivity index is 1.68. The number of benzene rings is 1. The predicted molar refractivity (Wildman–Crippen MR) is 108 cm³/mol. The molecule has 0 unspecified atom stereocenters. The van der Waals surface area contributed by atoms with Crippen LogP contribution in [0.25, 0.3) is 0 Å². The monoisotopic (exact) mass is 456 g/mol. The van der Waals surface area contributed by atoms with E-state index in [2.05, 4.69) is 5.32 Å². The number of hydroxylamine groups is 2. The molecule has 11 heteroatoms. The van der Waals surface area contributed by atoms with Gasteiger partial charge in [-0.3, -0.25) is 14.8 Å². The Morgan fingerprint density at radius 1 is 1.12 bits per heavy atom. The van der Waals surface area contributed by atoms with E-state index >= 15 is 0 Å². The van der Waals surface area contributed by atoms with E-state index in [1.165, 1.54) is 10.0 Å². The van der Waals surface area contributed by atoms with Crippen molar-refractivity contribution in [3.63, 3.8) is 0 Å². The van der Waals surface area contributed by atoms with Crippen molar-refractivity contribution in [2.75, 3.05) is 25.0 Å². The quantitative estimate of drug-likeness (QED) is 0.372. The summed E-state index contributed by atoms with van der Waals surface area (Å²) in [6, 6.07) is 3.41. The third-order valence-electron chi connectivity index (χ3n) is 5.95. The number of hydrogen-bond acceptors (Lipinski definition) is 4. The van der Waals surface area contributed by atoms with Crippen LogP contribution in [0.3, 0.4) is 0 Å². The molecule has 4 amide bonds. The molecule has 2 aliphatic rings. The van der Waals surface area contributed by atoms with Crippen LogP contribution in [-0.2, 0) is 15.8 Å². The Morgan fingerprint density at radius 2 is 1.75 bits per heavy atom. The van der Waals surface area contributed by atoms with Crippen molar-refractivity contribution in [1.29, 1.82) is 0 Å². The standard InChI is InChI=1S/C21H27F3N4O4/c22-21(23,24)17-6-8-18(9-7-17)25-20(31)28-11-3-10-27(28)19(30)16(13-26(32)14-29)12-15-4-1-2-5-15/h6-9,14-16,32H,1-5,10-13H2,(H,25,31)/t16-/m1/s1. The van der Waals surface area contributed by atoms with E-state index in [1.807, 2.05) is 0 Å². The molecule has 1 aliphatic heterocycles. The Kier molecular flexibility index (Phi) is 7.60. The van der Waals surface area contributed by atoms with Crippen LogP contribution in [0.15, 0.2) is 24.3 Å². The third kappa shape index (κ3) is 5.90. The smallest absolute Gasteiger partial charge is 0.306 e. The summed E-state index contributed by atoms with van der Waals surface area (Å²) in [7, 11) is 0. The SMILES string of the molecule is O=CN(O)C[C@@H](CC1CCCC1)C(=O)N1CCCN1C(=O)Nc1ccc(C(F)(F)F)cc1. The summed E-state index contributed by atoms with van der Waals surface area (Å²) in [5, 5.41) is 15.2. The summed E-state index contributed by atoms with van der Waals surface area (Å²) in [5.74, 6) is -0.702. The summed E-state index contributed by atoms with van der Waals surface area (Å²) >= 11 is 0. The molecule has 1 aromatic rings. The van der Waals surface area contributed by atoms with Gasteiger partial charge in [-0.25, -0.2) is 19.9 Å². The van der Waals surface area contributed by atoms with Crippen LogP contribution in [0.4, 0.5) is 23.7 Å². The second-order valence-corrected chi connectivity index (χ2v) is 8.25. The molecule has 0 aromatic heterocycles. The van der Waals surface area contributed by atoms with Crippen molar-refractivity contribution in [2.24, 2.45) is 11.8 Å². The average Bonchev–Trinajstić information content (AvgIpc) is 3.44. The van der Waals surface area contributed by atoms with E-state index in [9.17, 15) is 32.8 Å². The fourth-order valence-electron chi connectivity index (χ4n) is 4.36. The lowest BCUT2D eigenvalue weighted by Crippen LogP contribution is -2.50. The molecule has 2 N–H and O–H groups in total.